The molecular weight excluding hydrogens is 234 g/mol. The Morgan fingerprint density at radius 3 is 2.11 bits per heavy atom. The van der Waals surface area contributed by atoms with Gasteiger partial charge in [-0.25, -0.2) is 0 Å². The van der Waals surface area contributed by atoms with Crippen molar-refractivity contribution in [2.45, 2.75) is 33.7 Å². The quantitative estimate of drug-likeness (QED) is 0.916. The molecule has 2 aromatic rings. The van der Waals surface area contributed by atoms with Crippen molar-refractivity contribution in [1.29, 1.82) is 0 Å². The number of hydrogen-bond donors (Lipinski definition) is 1. The zero-order valence-electron chi connectivity index (χ0n) is 12.3. The Bertz CT molecular complexity index is 570. The molecule has 3 nitrogen and oxygen atoms in total. The molecule has 0 fully saturated rings. The molecule has 2 rings (SSSR count). The van der Waals surface area contributed by atoms with E-state index in [4.69, 9.17) is 0 Å². The molecule has 100 valence electrons. The first-order valence-corrected chi connectivity index (χ1v) is 6.57. The van der Waals surface area contributed by atoms with Gasteiger partial charge in [0, 0.05) is 0 Å². The van der Waals surface area contributed by atoms with Crippen molar-refractivity contribution in [3.8, 4) is 0 Å². The van der Waals surface area contributed by atoms with Crippen LogP contribution in [0.15, 0.2) is 24.3 Å². The highest BCUT2D eigenvalue weighted by molar-refractivity contribution is 5.38. The highest BCUT2D eigenvalue weighted by Gasteiger charge is 2.16. The van der Waals surface area contributed by atoms with Crippen molar-refractivity contribution in [1.82, 2.24) is 15.5 Å². The summed E-state index contributed by atoms with van der Waals surface area (Å²) in [6, 6.07) is 8.92. The van der Waals surface area contributed by atoms with Gasteiger partial charge in [-0.05, 0) is 51.9 Å². The first-order chi connectivity index (χ1) is 9.01. The zero-order valence-corrected chi connectivity index (χ0v) is 12.3. The molecule has 1 aromatic carbocycles. The summed E-state index contributed by atoms with van der Waals surface area (Å²) in [5.74, 6) is 0. The van der Waals surface area contributed by atoms with Crippen LogP contribution < -0.4 is 5.32 Å². The number of rotatable bonds is 3. The minimum atomic E-state index is 0.160. The van der Waals surface area contributed by atoms with Crippen LogP contribution in [0.25, 0.3) is 0 Å². The summed E-state index contributed by atoms with van der Waals surface area (Å²) >= 11 is 0. The predicted molar refractivity (Wildman–Crippen MR) is 78.3 cm³/mol. The molecule has 1 N–H and O–H groups in total. The van der Waals surface area contributed by atoms with E-state index >= 15 is 0 Å². The van der Waals surface area contributed by atoms with E-state index in [2.05, 4.69) is 53.6 Å². The maximum absolute atomic E-state index is 4.23. The maximum Gasteiger partial charge on any atom is 0.0651 e. The molecule has 0 amide bonds. The Kier molecular flexibility index (Phi) is 3.96. The van der Waals surface area contributed by atoms with E-state index in [1.807, 2.05) is 20.9 Å². The standard InChI is InChI=1S/C16H21N3/c1-10-6-11(2)8-14(7-10)16(17-5)15-9-12(3)18-19-13(15)4/h6-9,16-17H,1-5H3. The molecular formula is C16H21N3. The second kappa shape index (κ2) is 5.49. The first kappa shape index (κ1) is 13.7. The van der Waals surface area contributed by atoms with Crippen molar-refractivity contribution >= 4 is 0 Å². The average molecular weight is 255 g/mol. The minimum absolute atomic E-state index is 0.160. The van der Waals surface area contributed by atoms with Crippen molar-refractivity contribution in [3.05, 3.63) is 57.9 Å². The highest BCUT2D eigenvalue weighted by atomic mass is 15.1. The van der Waals surface area contributed by atoms with Gasteiger partial charge in [-0.15, -0.1) is 0 Å². The largest absolute Gasteiger partial charge is 0.309 e. The minimum Gasteiger partial charge on any atom is -0.309 e. The lowest BCUT2D eigenvalue weighted by Gasteiger charge is -2.20. The lowest BCUT2D eigenvalue weighted by Crippen LogP contribution is -2.20. The Balaban J connectivity index is 2.52. The summed E-state index contributed by atoms with van der Waals surface area (Å²) in [4.78, 5) is 0. The molecule has 3 heteroatoms. The average Bonchev–Trinajstić information content (AvgIpc) is 2.33. The van der Waals surface area contributed by atoms with Gasteiger partial charge >= 0.3 is 0 Å². The van der Waals surface area contributed by atoms with Gasteiger partial charge in [-0.1, -0.05) is 29.3 Å². The van der Waals surface area contributed by atoms with E-state index in [1.165, 1.54) is 22.3 Å². The third-order valence-electron chi connectivity index (χ3n) is 3.32. The van der Waals surface area contributed by atoms with Crippen LogP contribution in [-0.4, -0.2) is 17.2 Å². The summed E-state index contributed by atoms with van der Waals surface area (Å²) in [6.45, 7) is 8.25. The monoisotopic (exact) mass is 255 g/mol. The summed E-state index contributed by atoms with van der Waals surface area (Å²) in [5.41, 5.74) is 6.96. The fourth-order valence-corrected chi connectivity index (χ4v) is 2.54. The Labute approximate surface area is 115 Å². The number of nitrogens with one attached hydrogen (secondary N) is 1. The maximum atomic E-state index is 4.23. The topological polar surface area (TPSA) is 37.8 Å². The van der Waals surface area contributed by atoms with E-state index in [0.717, 1.165) is 11.4 Å². The second-order valence-corrected chi connectivity index (χ2v) is 5.17. The molecule has 0 saturated carbocycles. The Hall–Kier alpha value is -1.74. The fourth-order valence-electron chi connectivity index (χ4n) is 2.54. The molecule has 1 atom stereocenters. The smallest absolute Gasteiger partial charge is 0.0651 e. The van der Waals surface area contributed by atoms with Crippen LogP contribution in [0.2, 0.25) is 0 Å². The van der Waals surface area contributed by atoms with Crippen LogP contribution in [0, 0.1) is 27.7 Å². The molecule has 0 aliphatic rings. The molecule has 1 heterocycles. The molecule has 19 heavy (non-hydrogen) atoms. The van der Waals surface area contributed by atoms with Crippen LogP contribution in [0.5, 0.6) is 0 Å². The molecule has 0 saturated heterocycles. The summed E-state index contributed by atoms with van der Waals surface area (Å²) < 4.78 is 0. The first-order valence-electron chi connectivity index (χ1n) is 6.57. The van der Waals surface area contributed by atoms with E-state index in [1.54, 1.807) is 0 Å². The number of hydrogen-bond acceptors (Lipinski definition) is 3. The van der Waals surface area contributed by atoms with Crippen molar-refractivity contribution in [2.75, 3.05) is 7.05 Å². The molecule has 0 aliphatic heterocycles. The third-order valence-corrected chi connectivity index (χ3v) is 3.32. The van der Waals surface area contributed by atoms with Crippen molar-refractivity contribution < 1.29 is 0 Å². The predicted octanol–water partition coefficient (Wildman–Crippen LogP) is 3.02. The van der Waals surface area contributed by atoms with Crippen molar-refractivity contribution in [2.24, 2.45) is 0 Å². The number of aryl methyl sites for hydroxylation is 4. The molecule has 0 radical (unpaired) electrons. The summed E-state index contributed by atoms with van der Waals surface area (Å²) in [7, 11) is 1.98. The van der Waals surface area contributed by atoms with E-state index in [0.29, 0.717) is 0 Å². The third kappa shape index (κ3) is 2.99. The molecule has 1 aromatic heterocycles. The lowest BCUT2D eigenvalue weighted by atomic mass is 9.95. The van der Waals surface area contributed by atoms with E-state index < -0.39 is 0 Å². The van der Waals surface area contributed by atoms with Gasteiger partial charge in [-0.3, -0.25) is 0 Å². The van der Waals surface area contributed by atoms with Gasteiger partial charge in [-0.2, -0.15) is 10.2 Å². The lowest BCUT2D eigenvalue weighted by molar-refractivity contribution is 0.674. The summed E-state index contributed by atoms with van der Waals surface area (Å²) in [6.07, 6.45) is 0. The van der Waals surface area contributed by atoms with Gasteiger partial charge in [0.15, 0.2) is 0 Å². The van der Waals surface area contributed by atoms with Crippen LogP contribution >= 0.6 is 0 Å². The second-order valence-electron chi connectivity index (χ2n) is 5.17. The normalized spacial score (nSPS) is 12.5. The molecule has 0 aliphatic carbocycles. The van der Waals surface area contributed by atoms with Gasteiger partial charge < -0.3 is 5.32 Å². The van der Waals surface area contributed by atoms with Gasteiger partial charge in [0.05, 0.1) is 17.4 Å². The van der Waals surface area contributed by atoms with Crippen molar-refractivity contribution in [3.63, 3.8) is 0 Å². The highest BCUT2D eigenvalue weighted by Crippen LogP contribution is 2.25. The number of nitrogens with zero attached hydrogens (tertiary/aromatic N) is 2. The van der Waals surface area contributed by atoms with Gasteiger partial charge in [0.1, 0.15) is 0 Å². The van der Waals surface area contributed by atoms with E-state index in [9.17, 15) is 0 Å². The van der Waals surface area contributed by atoms with Crippen LogP contribution in [0.3, 0.4) is 0 Å². The number of benzene rings is 1. The van der Waals surface area contributed by atoms with Crippen LogP contribution in [-0.2, 0) is 0 Å². The van der Waals surface area contributed by atoms with E-state index in [-0.39, 0.29) is 6.04 Å². The molecule has 0 bridgehead atoms. The SMILES string of the molecule is CNC(c1cc(C)cc(C)c1)c1cc(C)nnc1C. The summed E-state index contributed by atoms with van der Waals surface area (Å²) in [5, 5.41) is 11.7. The van der Waals surface area contributed by atoms with Crippen LogP contribution in [0.4, 0.5) is 0 Å². The fraction of sp³-hybridized carbons (Fsp3) is 0.375. The van der Waals surface area contributed by atoms with Gasteiger partial charge in [0.25, 0.3) is 0 Å². The van der Waals surface area contributed by atoms with Gasteiger partial charge in [0.2, 0.25) is 0 Å². The Morgan fingerprint density at radius 1 is 0.895 bits per heavy atom. The Morgan fingerprint density at radius 2 is 1.53 bits per heavy atom. The number of aromatic nitrogens is 2. The molecule has 0 spiro atoms. The molecule has 1 unspecified atom stereocenters. The van der Waals surface area contributed by atoms with Crippen LogP contribution in [0.1, 0.15) is 39.7 Å². The zero-order chi connectivity index (χ0) is 14.0.